The molecular weight excluding hydrogens is 262 g/mol. The number of ether oxygens (including phenoxy) is 2. The lowest BCUT2D eigenvalue weighted by atomic mass is 10.1. The molecule has 0 aliphatic heterocycles. The molecule has 1 unspecified atom stereocenters. The lowest BCUT2D eigenvalue weighted by Crippen LogP contribution is -2.31. The molecule has 7 heteroatoms. The summed E-state index contributed by atoms with van der Waals surface area (Å²) < 4.78 is 10.3. The molecule has 0 rings (SSSR count). The topological polar surface area (TPSA) is 101 Å². The van der Waals surface area contributed by atoms with Crippen molar-refractivity contribution in [2.24, 2.45) is 5.11 Å². The van der Waals surface area contributed by atoms with Gasteiger partial charge in [0.25, 0.3) is 0 Å². The molecule has 7 nitrogen and oxygen atoms in total. The maximum absolute atomic E-state index is 11.8. The van der Waals surface area contributed by atoms with E-state index in [1.54, 1.807) is 41.5 Å². The molecule has 0 aliphatic rings. The van der Waals surface area contributed by atoms with Gasteiger partial charge >= 0.3 is 11.9 Å². The molecule has 0 N–H and O–H groups in total. The fourth-order valence-electron chi connectivity index (χ4n) is 1.30. The van der Waals surface area contributed by atoms with Crippen LogP contribution in [0.15, 0.2) is 5.11 Å². The van der Waals surface area contributed by atoms with Crippen molar-refractivity contribution in [3.8, 4) is 0 Å². The first kappa shape index (κ1) is 18.2. The Morgan fingerprint density at radius 2 is 1.60 bits per heavy atom. The van der Waals surface area contributed by atoms with Crippen molar-refractivity contribution >= 4 is 11.9 Å². The van der Waals surface area contributed by atoms with Gasteiger partial charge < -0.3 is 9.47 Å². The highest BCUT2D eigenvalue weighted by Crippen LogP contribution is 2.15. The molecule has 1 atom stereocenters. The summed E-state index contributed by atoms with van der Waals surface area (Å²) in [5.41, 5.74) is 7.21. The van der Waals surface area contributed by atoms with Crippen LogP contribution in [-0.2, 0) is 19.1 Å². The van der Waals surface area contributed by atoms with Crippen LogP contribution in [-0.4, -0.2) is 29.2 Å². The van der Waals surface area contributed by atoms with Crippen LogP contribution in [0, 0.1) is 0 Å². The second kappa shape index (κ2) is 7.14. The van der Waals surface area contributed by atoms with Gasteiger partial charge in [-0.2, -0.15) is 0 Å². The van der Waals surface area contributed by atoms with Gasteiger partial charge in [-0.1, -0.05) is 5.11 Å². The summed E-state index contributed by atoms with van der Waals surface area (Å²) in [6.45, 7) is 10.4. The smallest absolute Gasteiger partial charge is 0.315 e. The van der Waals surface area contributed by atoms with Gasteiger partial charge in [0.2, 0.25) is 0 Å². The average molecular weight is 285 g/mol. The van der Waals surface area contributed by atoms with E-state index in [2.05, 4.69) is 10.0 Å². The summed E-state index contributed by atoms with van der Waals surface area (Å²) in [5.74, 6) is -1.09. The van der Waals surface area contributed by atoms with Gasteiger partial charge in [0.15, 0.2) is 0 Å². The molecule has 114 valence electrons. The molecule has 0 saturated heterocycles. The summed E-state index contributed by atoms with van der Waals surface area (Å²) in [6.07, 6.45) is 0.0497. The van der Waals surface area contributed by atoms with Gasteiger partial charge in [-0.05, 0) is 53.5 Å². The Balaban J connectivity index is 4.53. The third kappa shape index (κ3) is 9.22. The van der Waals surface area contributed by atoms with Crippen molar-refractivity contribution in [2.45, 2.75) is 71.6 Å². The zero-order valence-corrected chi connectivity index (χ0v) is 13.0. The summed E-state index contributed by atoms with van der Waals surface area (Å²) in [5, 5.41) is 3.37. The van der Waals surface area contributed by atoms with Crippen molar-refractivity contribution in [1.82, 2.24) is 0 Å². The Labute approximate surface area is 119 Å². The number of hydrogen-bond acceptors (Lipinski definition) is 5. The van der Waals surface area contributed by atoms with Crippen molar-refractivity contribution in [3.63, 3.8) is 0 Å². The second-order valence-electron chi connectivity index (χ2n) is 6.38. The van der Waals surface area contributed by atoms with Crippen LogP contribution >= 0.6 is 0 Å². The van der Waals surface area contributed by atoms with Gasteiger partial charge in [0.1, 0.15) is 17.2 Å². The standard InChI is InChI=1S/C13H23N3O4/c1-12(2,3)19-10(17)8-7-9(15-16-14)11(18)20-13(4,5)6/h9H,7-8H2,1-6H3. The largest absolute Gasteiger partial charge is 0.460 e. The number of carbonyl (C=O) groups excluding carboxylic acids is 2. The minimum absolute atomic E-state index is 0.0137. The minimum Gasteiger partial charge on any atom is -0.460 e. The Bertz CT molecular complexity index is 401. The van der Waals surface area contributed by atoms with Crippen LogP contribution < -0.4 is 0 Å². The van der Waals surface area contributed by atoms with Crippen LogP contribution in [0.25, 0.3) is 10.4 Å². The Morgan fingerprint density at radius 3 is 2.00 bits per heavy atom. The molecule has 0 aromatic rings. The molecule has 0 amide bonds. The van der Waals surface area contributed by atoms with Gasteiger partial charge in [0.05, 0.1) is 0 Å². The van der Waals surface area contributed by atoms with Crippen molar-refractivity contribution in [3.05, 3.63) is 10.4 Å². The molecule has 0 radical (unpaired) electrons. The molecule has 0 heterocycles. The van der Waals surface area contributed by atoms with Gasteiger partial charge in [-0.25, -0.2) is 0 Å². The van der Waals surface area contributed by atoms with Crippen molar-refractivity contribution in [2.75, 3.05) is 0 Å². The Hall–Kier alpha value is -1.75. The normalized spacial score (nSPS) is 13.1. The van der Waals surface area contributed by atoms with E-state index in [-0.39, 0.29) is 12.8 Å². The fraction of sp³-hybridized carbons (Fsp3) is 0.846. The van der Waals surface area contributed by atoms with E-state index >= 15 is 0 Å². The monoisotopic (exact) mass is 285 g/mol. The maximum atomic E-state index is 11.8. The summed E-state index contributed by atoms with van der Waals surface area (Å²) in [4.78, 5) is 26.0. The molecular formula is C13H23N3O4. The van der Waals surface area contributed by atoms with E-state index < -0.39 is 29.2 Å². The van der Waals surface area contributed by atoms with E-state index in [0.29, 0.717) is 0 Å². The number of nitrogens with zero attached hydrogens (tertiary/aromatic N) is 3. The Morgan fingerprint density at radius 1 is 1.10 bits per heavy atom. The van der Waals surface area contributed by atoms with Crippen LogP contribution in [0.1, 0.15) is 54.4 Å². The van der Waals surface area contributed by atoms with E-state index in [1.807, 2.05) is 0 Å². The quantitative estimate of drug-likeness (QED) is 0.335. The third-order valence-electron chi connectivity index (χ3n) is 1.91. The van der Waals surface area contributed by atoms with E-state index in [9.17, 15) is 9.59 Å². The number of hydrogen-bond donors (Lipinski definition) is 0. The summed E-state index contributed by atoms with van der Waals surface area (Å²) in [6, 6.07) is -1.02. The van der Waals surface area contributed by atoms with Gasteiger partial charge in [-0.15, -0.1) is 0 Å². The number of esters is 2. The highest BCUT2D eigenvalue weighted by atomic mass is 16.6. The Kier molecular flexibility index (Phi) is 6.52. The highest BCUT2D eigenvalue weighted by molar-refractivity contribution is 5.77. The van der Waals surface area contributed by atoms with Crippen LogP contribution in [0.4, 0.5) is 0 Å². The zero-order chi connectivity index (χ0) is 16.0. The molecule has 20 heavy (non-hydrogen) atoms. The van der Waals surface area contributed by atoms with Crippen molar-refractivity contribution in [1.29, 1.82) is 0 Å². The van der Waals surface area contributed by atoms with Crippen LogP contribution in [0.2, 0.25) is 0 Å². The molecule has 0 spiro atoms. The van der Waals surface area contributed by atoms with E-state index in [4.69, 9.17) is 15.0 Å². The first-order chi connectivity index (χ1) is 8.94. The number of carbonyl (C=O) groups is 2. The predicted molar refractivity (Wildman–Crippen MR) is 73.9 cm³/mol. The van der Waals surface area contributed by atoms with Gasteiger partial charge in [-0.3, -0.25) is 9.59 Å². The molecule has 0 fully saturated rings. The first-order valence-electron chi connectivity index (χ1n) is 6.43. The number of rotatable bonds is 5. The molecule has 0 aromatic carbocycles. The molecule has 0 saturated carbocycles. The SMILES string of the molecule is CC(C)(C)OC(=O)CCC(N=[N+]=[N-])C(=O)OC(C)(C)C. The lowest BCUT2D eigenvalue weighted by Gasteiger charge is -2.22. The van der Waals surface area contributed by atoms with Crippen LogP contribution in [0.5, 0.6) is 0 Å². The first-order valence-corrected chi connectivity index (χ1v) is 6.43. The fourth-order valence-corrected chi connectivity index (χ4v) is 1.30. The zero-order valence-electron chi connectivity index (χ0n) is 13.0. The van der Waals surface area contributed by atoms with E-state index in [0.717, 1.165) is 0 Å². The maximum Gasteiger partial charge on any atom is 0.315 e. The van der Waals surface area contributed by atoms with E-state index in [1.165, 1.54) is 0 Å². The van der Waals surface area contributed by atoms with Gasteiger partial charge in [0, 0.05) is 11.3 Å². The lowest BCUT2D eigenvalue weighted by molar-refractivity contribution is -0.157. The predicted octanol–water partition coefficient (Wildman–Crippen LogP) is 3.13. The average Bonchev–Trinajstić information content (AvgIpc) is 2.18. The van der Waals surface area contributed by atoms with Crippen molar-refractivity contribution < 1.29 is 19.1 Å². The molecule has 0 aliphatic carbocycles. The third-order valence-corrected chi connectivity index (χ3v) is 1.91. The number of azide groups is 1. The minimum atomic E-state index is -1.02. The summed E-state index contributed by atoms with van der Waals surface area (Å²) in [7, 11) is 0. The highest BCUT2D eigenvalue weighted by Gasteiger charge is 2.26. The summed E-state index contributed by atoms with van der Waals surface area (Å²) >= 11 is 0. The van der Waals surface area contributed by atoms with Crippen LogP contribution in [0.3, 0.4) is 0 Å². The molecule has 0 aromatic heterocycles. The molecule has 0 bridgehead atoms. The second-order valence-corrected chi connectivity index (χ2v) is 6.38.